The average molecular weight is 128 g/mol. The first kappa shape index (κ1) is 9.29. The SMILES string of the molecule is O=C(O)c1cc[c-]cc1.[Li+]. The van der Waals surface area contributed by atoms with Crippen molar-refractivity contribution in [2.24, 2.45) is 0 Å². The molecule has 1 rings (SSSR count). The molecule has 1 aromatic carbocycles. The minimum absolute atomic E-state index is 0. The van der Waals surface area contributed by atoms with E-state index >= 15 is 0 Å². The van der Waals surface area contributed by atoms with Crippen LogP contribution in [0.4, 0.5) is 0 Å². The molecule has 0 aliphatic carbocycles. The maximum atomic E-state index is 10.2. The van der Waals surface area contributed by atoms with E-state index in [-0.39, 0.29) is 18.9 Å². The van der Waals surface area contributed by atoms with Gasteiger partial charge in [-0.15, -0.1) is 0 Å². The van der Waals surface area contributed by atoms with Gasteiger partial charge in [-0.25, -0.2) is 4.79 Å². The van der Waals surface area contributed by atoms with Crippen molar-refractivity contribution in [3.63, 3.8) is 0 Å². The molecule has 0 radical (unpaired) electrons. The summed E-state index contributed by atoms with van der Waals surface area (Å²) in [6.07, 6.45) is 0. The van der Waals surface area contributed by atoms with Crippen LogP contribution in [0.15, 0.2) is 24.3 Å². The second kappa shape index (κ2) is 4.16. The fourth-order valence-electron chi connectivity index (χ4n) is 0.529. The third-order valence-corrected chi connectivity index (χ3v) is 0.965. The molecule has 0 saturated heterocycles. The van der Waals surface area contributed by atoms with Crippen LogP contribution in [-0.2, 0) is 0 Å². The summed E-state index contributed by atoms with van der Waals surface area (Å²) in [5.74, 6) is -0.899. The average Bonchev–Trinajstić information content (AvgIpc) is 1.90. The minimum atomic E-state index is -0.899. The molecule has 0 aliphatic rings. The Labute approximate surface area is 71.0 Å². The normalized spacial score (nSPS) is 8.00. The van der Waals surface area contributed by atoms with Gasteiger partial charge in [0.2, 0.25) is 0 Å². The van der Waals surface area contributed by atoms with Crippen LogP contribution in [0.1, 0.15) is 10.4 Å². The molecule has 0 aromatic heterocycles. The van der Waals surface area contributed by atoms with Crippen molar-refractivity contribution < 1.29 is 28.8 Å². The minimum Gasteiger partial charge on any atom is -0.479 e. The van der Waals surface area contributed by atoms with Gasteiger partial charge in [-0.2, -0.15) is 30.3 Å². The second-order valence-corrected chi connectivity index (χ2v) is 1.59. The summed E-state index contributed by atoms with van der Waals surface area (Å²) in [5.41, 5.74) is 0.300. The maximum absolute atomic E-state index is 10.2. The van der Waals surface area contributed by atoms with E-state index in [1.165, 1.54) is 12.1 Å². The molecule has 0 fully saturated rings. The molecule has 0 aliphatic heterocycles. The Morgan fingerprint density at radius 1 is 1.40 bits per heavy atom. The van der Waals surface area contributed by atoms with E-state index in [1.807, 2.05) is 0 Å². The predicted molar refractivity (Wildman–Crippen MR) is 32.2 cm³/mol. The van der Waals surface area contributed by atoms with Gasteiger partial charge in [-0.05, 0) is 5.56 Å². The first-order valence-electron chi connectivity index (χ1n) is 2.50. The number of hydrogen-bond donors (Lipinski definition) is 1. The Hall–Kier alpha value is -0.713. The van der Waals surface area contributed by atoms with Crippen molar-refractivity contribution in [3.05, 3.63) is 35.9 Å². The summed E-state index contributed by atoms with van der Waals surface area (Å²) in [6.45, 7) is 0. The van der Waals surface area contributed by atoms with Crippen LogP contribution >= 0.6 is 0 Å². The summed E-state index contributed by atoms with van der Waals surface area (Å²) in [6, 6.07) is 8.87. The monoisotopic (exact) mass is 128 g/mol. The van der Waals surface area contributed by atoms with E-state index < -0.39 is 5.97 Å². The number of carbonyl (C=O) groups is 1. The van der Waals surface area contributed by atoms with Crippen LogP contribution in [0.3, 0.4) is 0 Å². The van der Waals surface area contributed by atoms with Crippen LogP contribution in [0.2, 0.25) is 0 Å². The molecule has 2 nitrogen and oxygen atoms in total. The number of carboxylic acid groups (broad SMARTS) is 1. The van der Waals surface area contributed by atoms with Crippen LogP contribution in [0.25, 0.3) is 0 Å². The van der Waals surface area contributed by atoms with Gasteiger partial charge in [0.05, 0.1) is 0 Å². The first-order chi connectivity index (χ1) is 4.30. The van der Waals surface area contributed by atoms with Crippen molar-refractivity contribution >= 4 is 5.97 Å². The molecule has 0 amide bonds. The molecular formula is C7H5LiO2. The summed E-state index contributed by atoms with van der Waals surface area (Å²) in [7, 11) is 0. The van der Waals surface area contributed by atoms with Gasteiger partial charge in [-0.3, -0.25) is 0 Å². The molecule has 1 N–H and O–H groups in total. The molecule has 0 bridgehead atoms. The first-order valence-corrected chi connectivity index (χ1v) is 2.50. The van der Waals surface area contributed by atoms with Crippen LogP contribution < -0.4 is 18.9 Å². The van der Waals surface area contributed by atoms with Gasteiger partial charge in [0.25, 0.3) is 0 Å². The zero-order valence-corrected chi connectivity index (χ0v) is 5.66. The molecule has 0 heterocycles. The Morgan fingerprint density at radius 2 is 1.90 bits per heavy atom. The molecule has 3 heteroatoms. The summed E-state index contributed by atoms with van der Waals surface area (Å²) >= 11 is 0. The smallest absolute Gasteiger partial charge is 0.479 e. The van der Waals surface area contributed by atoms with Crippen molar-refractivity contribution in [3.8, 4) is 0 Å². The van der Waals surface area contributed by atoms with E-state index in [1.54, 1.807) is 12.1 Å². The number of benzene rings is 1. The second-order valence-electron chi connectivity index (χ2n) is 1.59. The van der Waals surface area contributed by atoms with Crippen molar-refractivity contribution in [1.82, 2.24) is 0 Å². The van der Waals surface area contributed by atoms with Gasteiger partial charge in [-0.1, -0.05) is 0 Å². The number of rotatable bonds is 1. The van der Waals surface area contributed by atoms with E-state index in [0.717, 1.165) is 0 Å². The van der Waals surface area contributed by atoms with Gasteiger partial charge in [0.1, 0.15) is 0 Å². The molecule has 0 saturated carbocycles. The number of carboxylic acids is 1. The molecule has 0 atom stereocenters. The summed E-state index contributed by atoms with van der Waals surface area (Å²) in [4.78, 5) is 10.2. The molecule has 10 heavy (non-hydrogen) atoms. The van der Waals surface area contributed by atoms with E-state index in [4.69, 9.17) is 5.11 Å². The molecule has 0 spiro atoms. The topological polar surface area (TPSA) is 37.3 Å². The largest absolute Gasteiger partial charge is 1.00 e. The predicted octanol–water partition coefficient (Wildman–Crippen LogP) is -1.81. The molecule has 0 unspecified atom stereocenters. The van der Waals surface area contributed by atoms with E-state index in [9.17, 15) is 4.79 Å². The van der Waals surface area contributed by atoms with Gasteiger partial charge in [0, 0.05) is 0 Å². The van der Waals surface area contributed by atoms with Crippen LogP contribution in [0.5, 0.6) is 0 Å². The number of aromatic carboxylic acids is 1. The standard InChI is InChI=1S/C7H5O2.Li/c8-7(9)6-4-2-1-3-5-6;/h2-5H,(H,8,9);/q-1;+1. The third kappa shape index (κ3) is 2.26. The van der Waals surface area contributed by atoms with Crippen molar-refractivity contribution in [2.75, 3.05) is 0 Å². The van der Waals surface area contributed by atoms with Crippen LogP contribution in [0, 0.1) is 6.07 Å². The van der Waals surface area contributed by atoms with E-state index in [0.29, 0.717) is 5.56 Å². The van der Waals surface area contributed by atoms with Gasteiger partial charge >= 0.3 is 24.8 Å². The fraction of sp³-hybridized carbons (Fsp3) is 0. The molecule has 1 aromatic rings. The molecular weight excluding hydrogens is 123 g/mol. The summed E-state index contributed by atoms with van der Waals surface area (Å²) in [5, 5.41) is 8.37. The van der Waals surface area contributed by atoms with E-state index in [2.05, 4.69) is 6.07 Å². The fourth-order valence-corrected chi connectivity index (χ4v) is 0.529. The van der Waals surface area contributed by atoms with Gasteiger partial charge in [0.15, 0.2) is 0 Å². The summed E-state index contributed by atoms with van der Waals surface area (Å²) < 4.78 is 0. The maximum Gasteiger partial charge on any atom is 1.00 e. The Morgan fingerprint density at radius 3 is 2.20 bits per heavy atom. The van der Waals surface area contributed by atoms with Crippen molar-refractivity contribution in [2.45, 2.75) is 0 Å². The quantitative estimate of drug-likeness (QED) is 0.357. The zero-order chi connectivity index (χ0) is 6.69. The van der Waals surface area contributed by atoms with Crippen LogP contribution in [-0.4, -0.2) is 11.1 Å². The third-order valence-electron chi connectivity index (χ3n) is 0.965. The Balaban J connectivity index is 0.000000810. The number of hydrogen-bond acceptors (Lipinski definition) is 1. The Kier molecular flexibility index (Phi) is 3.86. The zero-order valence-electron chi connectivity index (χ0n) is 5.66. The Bertz CT molecular complexity index is 208. The molecule has 46 valence electrons. The van der Waals surface area contributed by atoms with Crippen molar-refractivity contribution in [1.29, 1.82) is 0 Å². The van der Waals surface area contributed by atoms with Gasteiger partial charge < -0.3 is 5.11 Å².